The second-order valence-corrected chi connectivity index (χ2v) is 11.8. The molecule has 2 heterocycles. The van der Waals surface area contributed by atoms with Crippen LogP contribution in [0.15, 0.2) is 170 Å². The molecule has 6 aromatic carbocycles. The molecule has 2 aromatic heterocycles. The van der Waals surface area contributed by atoms with E-state index in [1.54, 1.807) is 0 Å². The van der Waals surface area contributed by atoms with Crippen LogP contribution >= 0.6 is 11.6 Å². The van der Waals surface area contributed by atoms with Crippen LogP contribution < -0.4 is 0 Å². The van der Waals surface area contributed by atoms with E-state index in [1.165, 1.54) is 0 Å². The van der Waals surface area contributed by atoms with Gasteiger partial charge in [0.1, 0.15) is 0 Å². The molecule has 0 atom stereocenters. The highest BCUT2D eigenvalue weighted by molar-refractivity contribution is 6.36. The van der Waals surface area contributed by atoms with E-state index in [0.717, 1.165) is 50.3 Å². The van der Waals surface area contributed by atoms with Crippen molar-refractivity contribution in [2.24, 2.45) is 0 Å². The first kappa shape index (κ1) is 30.1. The molecule has 0 saturated carbocycles. The van der Waals surface area contributed by atoms with Gasteiger partial charge in [-0.3, -0.25) is 0 Å². The Bertz CT molecular complexity index is 2270. The van der Waals surface area contributed by atoms with Crippen LogP contribution in [-0.4, -0.2) is 24.9 Å². The summed E-state index contributed by atoms with van der Waals surface area (Å²) >= 11 is 7.36. The summed E-state index contributed by atoms with van der Waals surface area (Å²) in [6, 6.07) is 56.3. The zero-order valence-corrected chi connectivity index (χ0v) is 27.0. The highest BCUT2D eigenvalue weighted by Crippen LogP contribution is 2.41. The molecule has 0 aliphatic carbocycles. The Morgan fingerprint density at radius 1 is 0.286 bits per heavy atom. The number of halogens is 1. The van der Waals surface area contributed by atoms with Crippen molar-refractivity contribution in [3.63, 3.8) is 0 Å². The topological polar surface area (TPSA) is 64.5 Å². The minimum absolute atomic E-state index is 0.497. The van der Waals surface area contributed by atoms with Crippen LogP contribution in [0, 0.1) is 0 Å². The molecule has 5 nitrogen and oxygen atoms in total. The van der Waals surface area contributed by atoms with E-state index < -0.39 is 0 Å². The minimum Gasteiger partial charge on any atom is -0.228 e. The lowest BCUT2D eigenvalue weighted by Gasteiger charge is -2.15. The van der Waals surface area contributed by atoms with Gasteiger partial charge in [0, 0.05) is 38.9 Å². The molecule has 8 aromatic rings. The van der Waals surface area contributed by atoms with Gasteiger partial charge in [0.25, 0.3) is 0 Å². The van der Waals surface area contributed by atoms with E-state index in [0.29, 0.717) is 33.9 Å². The second kappa shape index (κ2) is 13.4. The Labute approximate surface area is 289 Å². The minimum atomic E-state index is 0.497. The average molecular weight is 650 g/mol. The monoisotopic (exact) mass is 649 g/mol. The standard InChI is InChI=1S/C43H28ClN5/c44-39-35(26-15-27-36(39)43-48-41(31-20-9-3-10-21-31)47-42(49-43)32-22-11-4-12-23-32)33-24-13-14-25-34(33)38-28-37(29-16-5-1-6-17-29)45-40(46-38)30-18-7-2-8-19-30/h1-28H. The van der Waals surface area contributed by atoms with Gasteiger partial charge in [0.2, 0.25) is 0 Å². The molecule has 6 heteroatoms. The third kappa shape index (κ3) is 6.23. The number of hydrogen-bond donors (Lipinski definition) is 0. The van der Waals surface area contributed by atoms with Crippen LogP contribution in [0.5, 0.6) is 0 Å². The number of aromatic nitrogens is 5. The van der Waals surface area contributed by atoms with Gasteiger partial charge in [-0.15, -0.1) is 0 Å². The Morgan fingerprint density at radius 3 is 1.22 bits per heavy atom. The quantitative estimate of drug-likeness (QED) is 0.172. The molecular formula is C43H28ClN5. The molecule has 0 aliphatic rings. The number of hydrogen-bond acceptors (Lipinski definition) is 5. The van der Waals surface area contributed by atoms with Crippen LogP contribution in [0.1, 0.15) is 0 Å². The van der Waals surface area contributed by atoms with Gasteiger partial charge in [-0.1, -0.05) is 169 Å². The normalized spacial score (nSPS) is 11.0. The predicted octanol–water partition coefficient (Wildman–Crippen LogP) is 11.0. The maximum Gasteiger partial charge on any atom is 0.165 e. The van der Waals surface area contributed by atoms with E-state index in [9.17, 15) is 0 Å². The highest BCUT2D eigenvalue weighted by atomic mass is 35.5. The van der Waals surface area contributed by atoms with Gasteiger partial charge in [0.05, 0.1) is 16.4 Å². The Kier molecular flexibility index (Phi) is 8.24. The molecule has 8 rings (SSSR count). The number of benzene rings is 6. The van der Waals surface area contributed by atoms with Crippen LogP contribution in [0.2, 0.25) is 5.02 Å². The molecule has 49 heavy (non-hydrogen) atoms. The molecule has 0 radical (unpaired) electrons. The van der Waals surface area contributed by atoms with Crippen molar-refractivity contribution in [2.75, 3.05) is 0 Å². The molecule has 0 aliphatic heterocycles. The van der Waals surface area contributed by atoms with Crippen LogP contribution in [-0.2, 0) is 0 Å². The fraction of sp³-hybridized carbons (Fsp3) is 0. The molecule has 0 N–H and O–H groups in total. The van der Waals surface area contributed by atoms with E-state index >= 15 is 0 Å². The first-order valence-corrected chi connectivity index (χ1v) is 16.3. The van der Waals surface area contributed by atoms with Gasteiger partial charge in [-0.25, -0.2) is 24.9 Å². The maximum absolute atomic E-state index is 7.36. The smallest absolute Gasteiger partial charge is 0.165 e. The summed E-state index contributed by atoms with van der Waals surface area (Å²) in [5.41, 5.74) is 8.81. The van der Waals surface area contributed by atoms with Crippen molar-refractivity contribution in [1.82, 2.24) is 24.9 Å². The molecular weight excluding hydrogens is 622 g/mol. The molecule has 0 spiro atoms. The second-order valence-electron chi connectivity index (χ2n) is 11.4. The van der Waals surface area contributed by atoms with Crippen molar-refractivity contribution in [2.45, 2.75) is 0 Å². The third-order valence-corrected chi connectivity index (χ3v) is 8.67. The molecule has 232 valence electrons. The van der Waals surface area contributed by atoms with Crippen molar-refractivity contribution in [3.05, 3.63) is 175 Å². The first-order valence-electron chi connectivity index (χ1n) is 16.0. The lowest BCUT2D eigenvalue weighted by Crippen LogP contribution is -2.01. The van der Waals surface area contributed by atoms with E-state index in [1.807, 2.05) is 146 Å². The van der Waals surface area contributed by atoms with Gasteiger partial charge in [0.15, 0.2) is 23.3 Å². The Balaban J connectivity index is 1.29. The third-order valence-electron chi connectivity index (χ3n) is 8.26. The summed E-state index contributed by atoms with van der Waals surface area (Å²) in [5.74, 6) is 2.30. The van der Waals surface area contributed by atoms with E-state index in [2.05, 4.69) is 24.3 Å². The number of nitrogens with zero attached hydrogens (tertiary/aromatic N) is 5. The Morgan fingerprint density at radius 2 is 0.673 bits per heavy atom. The Hall–Kier alpha value is -6.30. The zero-order chi connectivity index (χ0) is 33.0. The lowest BCUT2D eigenvalue weighted by molar-refractivity contribution is 1.07. The number of rotatable bonds is 7. The van der Waals surface area contributed by atoms with Crippen LogP contribution in [0.3, 0.4) is 0 Å². The lowest BCUT2D eigenvalue weighted by atomic mass is 9.95. The fourth-order valence-corrected chi connectivity index (χ4v) is 6.15. The van der Waals surface area contributed by atoms with E-state index in [4.69, 9.17) is 36.5 Å². The van der Waals surface area contributed by atoms with Crippen molar-refractivity contribution >= 4 is 11.6 Å². The molecule has 0 fully saturated rings. The summed E-state index contributed by atoms with van der Waals surface area (Å²) < 4.78 is 0. The maximum atomic E-state index is 7.36. The molecule has 0 bridgehead atoms. The summed E-state index contributed by atoms with van der Waals surface area (Å²) in [6.45, 7) is 0. The van der Waals surface area contributed by atoms with Gasteiger partial charge in [-0.05, 0) is 17.7 Å². The van der Waals surface area contributed by atoms with Crippen molar-refractivity contribution in [1.29, 1.82) is 0 Å². The van der Waals surface area contributed by atoms with Crippen LogP contribution in [0.25, 0.3) is 79.2 Å². The predicted molar refractivity (Wildman–Crippen MR) is 198 cm³/mol. The van der Waals surface area contributed by atoms with Gasteiger partial charge < -0.3 is 0 Å². The average Bonchev–Trinajstić information content (AvgIpc) is 3.19. The molecule has 0 amide bonds. The summed E-state index contributed by atoms with van der Waals surface area (Å²) in [6.07, 6.45) is 0. The summed E-state index contributed by atoms with van der Waals surface area (Å²) in [4.78, 5) is 24.8. The zero-order valence-electron chi connectivity index (χ0n) is 26.3. The van der Waals surface area contributed by atoms with Crippen molar-refractivity contribution < 1.29 is 0 Å². The van der Waals surface area contributed by atoms with Gasteiger partial charge in [-0.2, -0.15) is 0 Å². The van der Waals surface area contributed by atoms with E-state index in [-0.39, 0.29) is 0 Å². The van der Waals surface area contributed by atoms with Crippen LogP contribution in [0.4, 0.5) is 0 Å². The van der Waals surface area contributed by atoms with Crippen molar-refractivity contribution in [3.8, 4) is 79.2 Å². The highest BCUT2D eigenvalue weighted by Gasteiger charge is 2.19. The van der Waals surface area contributed by atoms with Gasteiger partial charge >= 0.3 is 0 Å². The SMILES string of the molecule is Clc1c(-c2nc(-c3ccccc3)nc(-c3ccccc3)n2)cccc1-c1ccccc1-c1cc(-c2ccccc2)nc(-c2ccccc2)n1. The molecule has 0 saturated heterocycles. The summed E-state index contributed by atoms with van der Waals surface area (Å²) in [5, 5.41) is 0.541. The molecule has 0 unspecified atom stereocenters. The first-order chi connectivity index (χ1) is 24.2. The summed E-state index contributed by atoms with van der Waals surface area (Å²) in [7, 11) is 0. The largest absolute Gasteiger partial charge is 0.228 e. The fourth-order valence-electron chi connectivity index (χ4n) is 5.84.